The lowest BCUT2D eigenvalue weighted by atomic mass is 10.1. The molecule has 2 aromatic heterocycles. The minimum atomic E-state index is -0.117. The maximum atomic E-state index is 13.2. The number of nitrogens with zero attached hydrogens (tertiary/aromatic N) is 5. The molecule has 2 atom stereocenters. The number of aromatic amines is 1. The minimum absolute atomic E-state index is 0.0878. The first kappa shape index (κ1) is 25.1. The fourth-order valence-corrected chi connectivity index (χ4v) is 5.20. The summed E-state index contributed by atoms with van der Waals surface area (Å²) in [5.41, 5.74) is 3.63. The summed E-state index contributed by atoms with van der Waals surface area (Å²) in [6.07, 6.45) is 2.95. The van der Waals surface area contributed by atoms with Crippen molar-refractivity contribution in [2.75, 3.05) is 13.7 Å². The summed E-state index contributed by atoms with van der Waals surface area (Å²) in [6, 6.07) is 15.9. The Hall–Kier alpha value is -3.56. The van der Waals surface area contributed by atoms with Gasteiger partial charge in [-0.3, -0.25) is 9.69 Å². The van der Waals surface area contributed by atoms with Crippen molar-refractivity contribution >= 4 is 10.9 Å². The summed E-state index contributed by atoms with van der Waals surface area (Å²) in [5.74, 6) is 1.59. The summed E-state index contributed by atoms with van der Waals surface area (Å²) in [6.45, 7) is 6.59. The van der Waals surface area contributed by atoms with Gasteiger partial charge in [-0.05, 0) is 66.3 Å². The molecule has 0 amide bonds. The zero-order chi connectivity index (χ0) is 25.8. The molecule has 9 heteroatoms. The maximum Gasteiger partial charge on any atom is 0.252 e. The molecule has 37 heavy (non-hydrogen) atoms. The molecule has 1 N–H and O–H groups in total. The molecule has 3 heterocycles. The number of aromatic nitrogens is 5. The number of methoxy groups -OCH3 is 1. The Bertz CT molecular complexity index is 1410. The number of H-pyrrole nitrogens is 1. The van der Waals surface area contributed by atoms with Crippen molar-refractivity contribution in [2.24, 2.45) is 0 Å². The zero-order valence-electron chi connectivity index (χ0n) is 21.7. The van der Waals surface area contributed by atoms with Crippen molar-refractivity contribution in [3.05, 3.63) is 81.4 Å². The van der Waals surface area contributed by atoms with Gasteiger partial charge in [-0.25, -0.2) is 4.68 Å². The highest BCUT2D eigenvalue weighted by molar-refractivity contribution is 5.79. The van der Waals surface area contributed by atoms with E-state index in [4.69, 9.17) is 9.47 Å². The fraction of sp³-hybridized carbons (Fsp3) is 0.429. The van der Waals surface area contributed by atoms with Crippen LogP contribution in [0, 0.1) is 6.92 Å². The molecular formula is C28H34N6O3. The Morgan fingerprint density at radius 3 is 2.81 bits per heavy atom. The van der Waals surface area contributed by atoms with Crippen LogP contribution in [0.2, 0.25) is 0 Å². The van der Waals surface area contributed by atoms with Crippen LogP contribution in [-0.4, -0.2) is 49.9 Å². The van der Waals surface area contributed by atoms with Crippen LogP contribution in [-0.2, 0) is 24.4 Å². The van der Waals surface area contributed by atoms with Gasteiger partial charge in [0.1, 0.15) is 5.75 Å². The van der Waals surface area contributed by atoms with Crippen molar-refractivity contribution < 1.29 is 9.47 Å². The summed E-state index contributed by atoms with van der Waals surface area (Å²) in [5, 5.41) is 13.8. The van der Waals surface area contributed by atoms with Gasteiger partial charge in [-0.1, -0.05) is 36.8 Å². The average Bonchev–Trinajstić information content (AvgIpc) is 3.58. The number of fused-ring (bicyclic) bond motifs is 1. The molecule has 9 nitrogen and oxygen atoms in total. The Balaban J connectivity index is 1.52. The molecule has 5 rings (SSSR count). The van der Waals surface area contributed by atoms with Gasteiger partial charge in [-0.15, -0.1) is 5.10 Å². The van der Waals surface area contributed by atoms with Gasteiger partial charge in [0.05, 0.1) is 25.8 Å². The Labute approximate surface area is 216 Å². The van der Waals surface area contributed by atoms with Crippen molar-refractivity contribution in [3.63, 3.8) is 0 Å². The van der Waals surface area contributed by atoms with Gasteiger partial charge in [0.25, 0.3) is 5.56 Å². The lowest BCUT2D eigenvalue weighted by Crippen LogP contribution is -2.33. The first-order chi connectivity index (χ1) is 18.1. The third kappa shape index (κ3) is 5.57. The lowest BCUT2D eigenvalue weighted by Gasteiger charge is -2.31. The van der Waals surface area contributed by atoms with E-state index in [-0.39, 0.29) is 17.7 Å². The molecular weight excluding hydrogens is 468 g/mol. The number of hydrogen-bond acceptors (Lipinski definition) is 7. The smallest absolute Gasteiger partial charge is 0.252 e. The minimum Gasteiger partial charge on any atom is -0.496 e. The maximum absolute atomic E-state index is 13.2. The van der Waals surface area contributed by atoms with E-state index in [1.54, 1.807) is 7.11 Å². The number of para-hydroxylation sites is 1. The van der Waals surface area contributed by atoms with Gasteiger partial charge in [0.15, 0.2) is 5.82 Å². The molecule has 0 spiro atoms. The Kier molecular flexibility index (Phi) is 7.62. The normalized spacial score (nSPS) is 16.5. The second-order valence-corrected chi connectivity index (χ2v) is 9.71. The van der Waals surface area contributed by atoms with Gasteiger partial charge >= 0.3 is 0 Å². The highest BCUT2D eigenvalue weighted by atomic mass is 16.5. The van der Waals surface area contributed by atoms with Gasteiger partial charge in [0, 0.05) is 36.3 Å². The quantitative estimate of drug-likeness (QED) is 0.348. The predicted octanol–water partition coefficient (Wildman–Crippen LogP) is 4.16. The lowest BCUT2D eigenvalue weighted by molar-refractivity contribution is 0.0887. The molecule has 0 bridgehead atoms. The standard InChI is InChI=1S/C28H34N6O3/c1-4-25(27-30-31-32-34(27)18-23-9-7-13-37-23)33(16-20-8-5-6-10-26(20)36-3)17-22-15-21-14-19(2)11-12-24(21)29-28(22)35/h5-6,8,10-12,14-15,23,25H,4,7,9,13,16-18H2,1-3H3,(H,29,35)/t23-,25-/m1/s1. The SMILES string of the molecule is CC[C@H](c1nnnn1C[C@H]1CCCO1)N(Cc1ccccc1OC)Cc1cc2cc(C)ccc2[nH]c1=O. The number of pyridine rings is 1. The largest absolute Gasteiger partial charge is 0.496 e. The fourth-order valence-electron chi connectivity index (χ4n) is 5.20. The van der Waals surface area contributed by atoms with E-state index < -0.39 is 0 Å². The molecule has 0 radical (unpaired) electrons. The highest BCUT2D eigenvalue weighted by Gasteiger charge is 2.28. The van der Waals surface area contributed by atoms with Gasteiger partial charge in [0.2, 0.25) is 0 Å². The molecule has 1 fully saturated rings. The van der Waals surface area contributed by atoms with E-state index >= 15 is 0 Å². The van der Waals surface area contributed by atoms with E-state index in [0.29, 0.717) is 25.2 Å². The molecule has 1 saturated heterocycles. The number of aryl methyl sites for hydroxylation is 1. The van der Waals surface area contributed by atoms with Crippen LogP contribution < -0.4 is 10.3 Å². The Morgan fingerprint density at radius 2 is 2.03 bits per heavy atom. The Morgan fingerprint density at radius 1 is 1.19 bits per heavy atom. The summed E-state index contributed by atoms with van der Waals surface area (Å²) in [7, 11) is 1.68. The number of hydrogen-bond donors (Lipinski definition) is 1. The molecule has 194 valence electrons. The van der Waals surface area contributed by atoms with Crippen LogP contribution in [0.3, 0.4) is 0 Å². The van der Waals surface area contributed by atoms with Gasteiger partial charge in [-0.2, -0.15) is 0 Å². The second kappa shape index (κ2) is 11.2. The average molecular weight is 503 g/mol. The third-order valence-corrected chi connectivity index (χ3v) is 7.10. The number of rotatable bonds is 10. The topological polar surface area (TPSA) is 98.2 Å². The van der Waals surface area contributed by atoms with Crippen LogP contribution in [0.1, 0.15) is 54.7 Å². The zero-order valence-corrected chi connectivity index (χ0v) is 21.7. The predicted molar refractivity (Wildman–Crippen MR) is 141 cm³/mol. The van der Waals surface area contributed by atoms with Crippen LogP contribution in [0.5, 0.6) is 5.75 Å². The van der Waals surface area contributed by atoms with Gasteiger partial charge < -0.3 is 14.5 Å². The van der Waals surface area contributed by atoms with E-state index in [1.165, 1.54) is 0 Å². The number of benzene rings is 2. The van der Waals surface area contributed by atoms with Crippen LogP contribution >= 0.6 is 0 Å². The van der Waals surface area contributed by atoms with Crippen molar-refractivity contribution in [1.82, 2.24) is 30.1 Å². The van der Waals surface area contributed by atoms with E-state index in [9.17, 15) is 4.79 Å². The van der Waals surface area contributed by atoms with E-state index in [1.807, 2.05) is 41.1 Å². The summed E-state index contributed by atoms with van der Waals surface area (Å²) in [4.78, 5) is 18.5. The monoisotopic (exact) mass is 502 g/mol. The molecule has 0 unspecified atom stereocenters. The van der Waals surface area contributed by atoms with Crippen LogP contribution in [0.15, 0.2) is 53.3 Å². The van der Waals surface area contributed by atoms with Crippen LogP contribution in [0.25, 0.3) is 10.9 Å². The molecule has 1 aliphatic heterocycles. The second-order valence-electron chi connectivity index (χ2n) is 9.71. The van der Waals surface area contributed by atoms with E-state index in [0.717, 1.165) is 59.5 Å². The van der Waals surface area contributed by atoms with Crippen molar-refractivity contribution in [1.29, 1.82) is 0 Å². The molecule has 1 aliphatic rings. The van der Waals surface area contributed by atoms with Crippen molar-refractivity contribution in [2.45, 2.75) is 64.9 Å². The van der Waals surface area contributed by atoms with E-state index in [2.05, 4.69) is 51.4 Å². The summed E-state index contributed by atoms with van der Waals surface area (Å²) < 4.78 is 13.4. The number of nitrogens with one attached hydrogen (secondary N) is 1. The highest BCUT2D eigenvalue weighted by Crippen LogP contribution is 2.29. The number of ether oxygens (including phenoxy) is 2. The first-order valence-corrected chi connectivity index (χ1v) is 12.9. The van der Waals surface area contributed by atoms with Crippen LogP contribution in [0.4, 0.5) is 0 Å². The first-order valence-electron chi connectivity index (χ1n) is 12.9. The number of tetrazole rings is 1. The molecule has 4 aromatic rings. The molecule has 2 aromatic carbocycles. The third-order valence-electron chi connectivity index (χ3n) is 7.10. The molecule has 0 saturated carbocycles. The molecule has 0 aliphatic carbocycles. The van der Waals surface area contributed by atoms with Crippen molar-refractivity contribution in [3.8, 4) is 5.75 Å². The summed E-state index contributed by atoms with van der Waals surface area (Å²) >= 11 is 0.